The first-order chi connectivity index (χ1) is 14.1. The van der Waals surface area contributed by atoms with Gasteiger partial charge in [-0.05, 0) is 68.3 Å². The lowest BCUT2D eigenvalue weighted by Gasteiger charge is -2.21. The van der Waals surface area contributed by atoms with Crippen molar-refractivity contribution in [1.29, 1.82) is 0 Å². The van der Waals surface area contributed by atoms with Gasteiger partial charge in [-0.2, -0.15) is 0 Å². The van der Waals surface area contributed by atoms with Crippen LogP contribution >= 0.6 is 0 Å². The number of nitrogens with zero attached hydrogens (tertiary/aromatic N) is 1. The van der Waals surface area contributed by atoms with Gasteiger partial charge in [0.15, 0.2) is 6.10 Å². The molecule has 29 heavy (non-hydrogen) atoms. The van der Waals surface area contributed by atoms with E-state index in [2.05, 4.69) is 36.2 Å². The number of benzene rings is 3. The van der Waals surface area contributed by atoms with Crippen LogP contribution < -0.4 is 15.0 Å². The van der Waals surface area contributed by atoms with Gasteiger partial charge in [-0.1, -0.05) is 42.5 Å². The molecule has 1 N–H and O–H groups in total. The number of hydrogen-bond donors (Lipinski definition) is 1. The third-order valence-corrected chi connectivity index (χ3v) is 4.91. The highest BCUT2D eigenvalue weighted by Crippen LogP contribution is 2.23. The van der Waals surface area contributed by atoms with Crippen LogP contribution in [0.25, 0.3) is 11.1 Å². The standard InChI is InChI=1S/C25H28N2O2/c1-4-27(5-2)23-15-13-22(14-16-23)26-25(28)19(3)29-24-17-11-21(12-18-24)20-9-7-6-8-10-20/h6-19H,4-5H2,1-3H3,(H,26,28). The molecular weight excluding hydrogens is 360 g/mol. The Hall–Kier alpha value is -3.27. The first-order valence-corrected chi connectivity index (χ1v) is 10.1. The fraction of sp³-hybridized carbons (Fsp3) is 0.240. The minimum Gasteiger partial charge on any atom is -0.481 e. The van der Waals surface area contributed by atoms with Crippen LogP contribution in [0.2, 0.25) is 0 Å². The molecule has 150 valence electrons. The molecule has 1 atom stereocenters. The monoisotopic (exact) mass is 388 g/mol. The van der Waals surface area contributed by atoms with Crippen molar-refractivity contribution in [1.82, 2.24) is 0 Å². The van der Waals surface area contributed by atoms with Crippen molar-refractivity contribution in [3.63, 3.8) is 0 Å². The van der Waals surface area contributed by atoms with Gasteiger partial charge in [0.05, 0.1) is 0 Å². The van der Waals surface area contributed by atoms with Gasteiger partial charge in [0.25, 0.3) is 5.91 Å². The van der Waals surface area contributed by atoms with Crippen molar-refractivity contribution < 1.29 is 9.53 Å². The average molecular weight is 389 g/mol. The van der Waals surface area contributed by atoms with Gasteiger partial charge >= 0.3 is 0 Å². The first kappa shape index (κ1) is 20.5. The van der Waals surface area contributed by atoms with Crippen LogP contribution in [-0.2, 0) is 4.79 Å². The van der Waals surface area contributed by atoms with Crippen LogP contribution in [0, 0.1) is 0 Å². The second kappa shape index (κ2) is 9.78. The van der Waals surface area contributed by atoms with Crippen LogP contribution in [0.1, 0.15) is 20.8 Å². The molecule has 4 heteroatoms. The Labute approximate surface area is 173 Å². The third kappa shape index (κ3) is 5.38. The molecule has 0 bridgehead atoms. The van der Waals surface area contributed by atoms with Gasteiger partial charge in [-0.25, -0.2) is 0 Å². The van der Waals surface area contributed by atoms with E-state index in [1.165, 1.54) is 0 Å². The Morgan fingerprint density at radius 2 is 1.45 bits per heavy atom. The highest BCUT2D eigenvalue weighted by atomic mass is 16.5. The largest absolute Gasteiger partial charge is 0.481 e. The van der Waals surface area contributed by atoms with Crippen LogP contribution in [-0.4, -0.2) is 25.1 Å². The van der Waals surface area contributed by atoms with Crippen molar-refractivity contribution in [3.8, 4) is 16.9 Å². The normalized spacial score (nSPS) is 11.6. The quantitative estimate of drug-likeness (QED) is 0.546. The van der Waals surface area contributed by atoms with Crippen molar-refractivity contribution in [3.05, 3.63) is 78.9 Å². The van der Waals surface area contributed by atoms with Crippen LogP contribution in [0.4, 0.5) is 11.4 Å². The lowest BCUT2D eigenvalue weighted by molar-refractivity contribution is -0.122. The minimum atomic E-state index is -0.597. The van der Waals surface area contributed by atoms with Crippen molar-refractivity contribution >= 4 is 17.3 Å². The van der Waals surface area contributed by atoms with Crippen molar-refractivity contribution in [2.24, 2.45) is 0 Å². The van der Waals surface area contributed by atoms with E-state index in [1.807, 2.05) is 66.7 Å². The highest BCUT2D eigenvalue weighted by molar-refractivity contribution is 5.94. The number of hydrogen-bond acceptors (Lipinski definition) is 3. The van der Waals surface area contributed by atoms with E-state index in [1.54, 1.807) is 6.92 Å². The number of ether oxygens (including phenoxy) is 1. The van der Waals surface area contributed by atoms with Gasteiger partial charge in [-0.3, -0.25) is 4.79 Å². The molecule has 1 amide bonds. The molecule has 3 aromatic rings. The maximum absolute atomic E-state index is 12.5. The molecule has 0 aliphatic heterocycles. The summed E-state index contributed by atoms with van der Waals surface area (Å²) in [5.41, 5.74) is 4.18. The maximum atomic E-state index is 12.5. The number of carbonyl (C=O) groups excluding carboxylic acids is 1. The van der Waals surface area contributed by atoms with Gasteiger partial charge in [0.1, 0.15) is 5.75 Å². The van der Waals surface area contributed by atoms with Crippen LogP contribution in [0.15, 0.2) is 78.9 Å². The van der Waals surface area contributed by atoms with E-state index in [-0.39, 0.29) is 5.91 Å². The van der Waals surface area contributed by atoms with Crippen molar-refractivity contribution in [2.75, 3.05) is 23.3 Å². The molecule has 0 fully saturated rings. The molecular formula is C25H28N2O2. The van der Waals surface area contributed by atoms with Crippen LogP contribution in [0.5, 0.6) is 5.75 Å². The summed E-state index contributed by atoms with van der Waals surface area (Å²) in [5.74, 6) is 0.497. The molecule has 3 aromatic carbocycles. The molecule has 0 aliphatic rings. The van der Waals surface area contributed by atoms with Gasteiger partial charge in [0, 0.05) is 24.5 Å². The second-order valence-electron chi connectivity index (χ2n) is 6.86. The summed E-state index contributed by atoms with van der Waals surface area (Å²) in [5, 5.41) is 2.92. The van der Waals surface area contributed by atoms with E-state index in [4.69, 9.17) is 4.74 Å². The molecule has 0 spiro atoms. The Morgan fingerprint density at radius 3 is 2.03 bits per heavy atom. The Bertz CT molecular complexity index is 902. The molecule has 3 rings (SSSR count). The number of nitrogens with one attached hydrogen (secondary N) is 1. The summed E-state index contributed by atoms with van der Waals surface area (Å²) in [7, 11) is 0. The molecule has 0 aliphatic carbocycles. The molecule has 0 saturated carbocycles. The second-order valence-corrected chi connectivity index (χ2v) is 6.86. The lowest BCUT2D eigenvalue weighted by atomic mass is 10.1. The lowest BCUT2D eigenvalue weighted by Crippen LogP contribution is -2.30. The van der Waals surface area contributed by atoms with Gasteiger partial charge in [0.2, 0.25) is 0 Å². The van der Waals surface area contributed by atoms with E-state index in [0.29, 0.717) is 5.75 Å². The van der Waals surface area contributed by atoms with E-state index >= 15 is 0 Å². The van der Waals surface area contributed by atoms with E-state index in [9.17, 15) is 4.79 Å². The smallest absolute Gasteiger partial charge is 0.265 e. The summed E-state index contributed by atoms with van der Waals surface area (Å²) in [6.45, 7) is 7.92. The van der Waals surface area contributed by atoms with E-state index < -0.39 is 6.10 Å². The Morgan fingerprint density at radius 1 is 0.862 bits per heavy atom. The zero-order chi connectivity index (χ0) is 20.6. The summed E-state index contributed by atoms with van der Waals surface area (Å²) >= 11 is 0. The predicted octanol–water partition coefficient (Wildman–Crippen LogP) is 5.61. The molecule has 4 nitrogen and oxygen atoms in total. The SMILES string of the molecule is CCN(CC)c1ccc(NC(=O)C(C)Oc2ccc(-c3ccccc3)cc2)cc1. The third-order valence-electron chi connectivity index (χ3n) is 4.91. The minimum absolute atomic E-state index is 0.173. The van der Waals surface area contributed by atoms with Crippen molar-refractivity contribution in [2.45, 2.75) is 26.9 Å². The number of carbonyl (C=O) groups is 1. The fourth-order valence-electron chi connectivity index (χ4n) is 3.20. The Balaban J connectivity index is 1.58. The van der Waals surface area contributed by atoms with E-state index in [0.717, 1.165) is 35.6 Å². The average Bonchev–Trinajstić information content (AvgIpc) is 2.77. The molecule has 0 aromatic heterocycles. The van der Waals surface area contributed by atoms with Crippen LogP contribution in [0.3, 0.4) is 0 Å². The highest BCUT2D eigenvalue weighted by Gasteiger charge is 2.15. The number of amides is 1. The van der Waals surface area contributed by atoms with Gasteiger partial charge < -0.3 is 15.0 Å². The number of rotatable bonds is 8. The molecule has 0 heterocycles. The molecule has 0 radical (unpaired) electrons. The Kier molecular flexibility index (Phi) is 6.90. The fourth-order valence-corrected chi connectivity index (χ4v) is 3.20. The molecule has 1 unspecified atom stereocenters. The van der Waals surface area contributed by atoms with Gasteiger partial charge in [-0.15, -0.1) is 0 Å². The topological polar surface area (TPSA) is 41.6 Å². The molecule has 0 saturated heterocycles. The predicted molar refractivity (Wildman–Crippen MR) is 121 cm³/mol. The zero-order valence-electron chi connectivity index (χ0n) is 17.3. The summed E-state index contributed by atoms with van der Waals surface area (Å²) in [6.07, 6.45) is -0.597. The zero-order valence-corrected chi connectivity index (χ0v) is 17.3. The first-order valence-electron chi connectivity index (χ1n) is 10.1. The summed E-state index contributed by atoms with van der Waals surface area (Å²) in [6, 6.07) is 25.8. The summed E-state index contributed by atoms with van der Waals surface area (Å²) in [4.78, 5) is 14.8. The number of anilines is 2. The maximum Gasteiger partial charge on any atom is 0.265 e. The summed E-state index contributed by atoms with van der Waals surface area (Å²) < 4.78 is 5.82.